The van der Waals surface area contributed by atoms with Crippen molar-refractivity contribution in [3.8, 4) is 11.5 Å². The summed E-state index contributed by atoms with van der Waals surface area (Å²) >= 11 is 16.6. The second kappa shape index (κ2) is 10.7. The Hall–Kier alpha value is -2.55. The number of benzene rings is 2. The van der Waals surface area contributed by atoms with Crippen LogP contribution in [-0.2, 0) is 9.59 Å². The van der Waals surface area contributed by atoms with E-state index in [-0.39, 0.29) is 23.3 Å². The van der Waals surface area contributed by atoms with E-state index in [0.717, 1.165) is 5.56 Å². The minimum atomic E-state index is -0.529. The number of hydrazine groups is 1. The summed E-state index contributed by atoms with van der Waals surface area (Å²) in [6.07, 6.45) is 0. The van der Waals surface area contributed by atoms with Gasteiger partial charge >= 0.3 is 0 Å². The standard InChI is InChI=1S/C18H17Cl2N3O4S/c1-11-2-5-13(6-3-11)26-9-16(24)21-18(28)23-22-17(25)10-27-15-7-4-12(19)8-14(15)20/h2-8H,9-10H2,1H3,(H,22,25)(H2,21,23,24,28). The summed E-state index contributed by atoms with van der Waals surface area (Å²) in [6.45, 7) is 1.41. The molecule has 2 amide bonds. The second-order valence-corrected chi connectivity index (χ2v) is 6.77. The van der Waals surface area contributed by atoms with Crippen LogP contribution in [0.2, 0.25) is 10.0 Å². The molecule has 0 unspecified atom stereocenters. The zero-order chi connectivity index (χ0) is 20.5. The van der Waals surface area contributed by atoms with Crippen molar-refractivity contribution in [2.45, 2.75) is 6.92 Å². The van der Waals surface area contributed by atoms with Crippen LogP contribution in [0, 0.1) is 6.92 Å². The fourth-order valence-corrected chi connectivity index (χ4v) is 2.50. The third-order valence-electron chi connectivity index (χ3n) is 3.21. The summed E-state index contributed by atoms with van der Waals surface area (Å²) < 4.78 is 10.6. The number of carbonyl (C=O) groups excluding carboxylic acids is 2. The molecule has 3 N–H and O–H groups in total. The SMILES string of the molecule is Cc1ccc(OCC(=O)NC(=S)NNC(=O)COc2ccc(Cl)cc2Cl)cc1. The van der Waals surface area contributed by atoms with Gasteiger partial charge in [-0.15, -0.1) is 0 Å². The monoisotopic (exact) mass is 441 g/mol. The molecular weight excluding hydrogens is 425 g/mol. The summed E-state index contributed by atoms with van der Waals surface area (Å²) in [5.41, 5.74) is 5.76. The van der Waals surface area contributed by atoms with Gasteiger partial charge in [0.15, 0.2) is 18.3 Å². The van der Waals surface area contributed by atoms with Gasteiger partial charge < -0.3 is 9.47 Å². The maximum absolute atomic E-state index is 11.8. The van der Waals surface area contributed by atoms with Gasteiger partial charge in [-0.05, 0) is 49.5 Å². The van der Waals surface area contributed by atoms with Gasteiger partial charge in [0.1, 0.15) is 11.5 Å². The topological polar surface area (TPSA) is 88.7 Å². The Bertz CT molecular complexity index is 862. The van der Waals surface area contributed by atoms with Gasteiger partial charge in [0.05, 0.1) is 5.02 Å². The predicted octanol–water partition coefficient (Wildman–Crippen LogP) is 2.78. The van der Waals surface area contributed by atoms with Crippen molar-refractivity contribution in [1.29, 1.82) is 0 Å². The highest BCUT2D eigenvalue weighted by Gasteiger charge is 2.09. The number of aryl methyl sites for hydroxylation is 1. The highest BCUT2D eigenvalue weighted by atomic mass is 35.5. The van der Waals surface area contributed by atoms with Gasteiger partial charge in [-0.3, -0.25) is 25.8 Å². The number of halogens is 2. The van der Waals surface area contributed by atoms with E-state index in [1.165, 1.54) is 6.07 Å². The first-order valence-electron chi connectivity index (χ1n) is 7.99. The smallest absolute Gasteiger partial charge is 0.276 e. The van der Waals surface area contributed by atoms with Crippen LogP contribution in [0.4, 0.5) is 0 Å². The fraction of sp³-hybridized carbons (Fsp3) is 0.167. The van der Waals surface area contributed by atoms with Crippen molar-refractivity contribution in [2.24, 2.45) is 0 Å². The normalized spacial score (nSPS) is 9.96. The van der Waals surface area contributed by atoms with E-state index in [0.29, 0.717) is 16.5 Å². The van der Waals surface area contributed by atoms with Crippen LogP contribution in [0.1, 0.15) is 5.56 Å². The zero-order valence-electron chi connectivity index (χ0n) is 14.8. The lowest BCUT2D eigenvalue weighted by Crippen LogP contribution is -2.50. The first-order chi connectivity index (χ1) is 13.3. The van der Waals surface area contributed by atoms with Crippen LogP contribution in [-0.4, -0.2) is 30.1 Å². The molecule has 0 heterocycles. The molecule has 2 aromatic rings. The van der Waals surface area contributed by atoms with Gasteiger partial charge in [0, 0.05) is 5.02 Å². The van der Waals surface area contributed by atoms with E-state index < -0.39 is 11.8 Å². The predicted molar refractivity (Wildman–Crippen MR) is 111 cm³/mol. The van der Waals surface area contributed by atoms with Crippen molar-refractivity contribution >= 4 is 52.3 Å². The van der Waals surface area contributed by atoms with Gasteiger partial charge in [-0.2, -0.15) is 0 Å². The van der Waals surface area contributed by atoms with Crippen molar-refractivity contribution in [3.05, 3.63) is 58.1 Å². The molecule has 2 aromatic carbocycles. The molecule has 7 nitrogen and oxygen atoms in total. The zero-order valence-corrected chi connectivity index (χ0v) is 17.1. The Labute approximate surface area is 177 Å². The van der Waals surface area contributed by atoms with Crippen LogP contribution >= 0.6 is 35.4 Å². The molecule has 0 radical (unpaired) electrons. The minimum Gasteiger partial charge on any atom is -0.484 e. The summed E-state index contributed by atoms with van der Waals surface area (Å²) in [4.78, 5) is 23.5. The van der Waals surface area contributed by atoms with Crippen molar-refractivity contribution < 1.29 is 19.1 Å². The number of amides is 2. The number of hydrogen-bond acceptors (Lipinski definition) is 5. The molecule has 0 saturated carbocycles. The molecule has 148 valence electrons. The molecule has 0 bridgehead atoms. The Morgan fingerprint density at radius 2 is 1.64 bits per heavy atom. The van der Waals surface area contributed by atoms with E-state index in [9.17, 15) is 9.59 Å². The van der Waals surface area contributed by atoms with E-state index in [1.54, 1.807) is 24.3 Å². The molecule has 0 aliphatic heterocycles. The minimum absolute atomic E-state index is 0.0876. The maximum Gasteiger partial charge on any atom is 0.276 e. The average molecular weight is 442 g/mol. The second-order valence-electron chi connectivity index (χ2n) is 5.52. The lowest BCUT2D eigenvalue weighted by Gasteiger charge is -2.12. The Kier molecular flexibility index (Phi) is 8.31. The fourth-order valence-electron chi connectivity index (χ4n) is 1.88. The molecule has 0 atom stereocenters. The Morgan fingerprint density at radius 1 is 0.964 bits per heavy atom. The first-order valence-corrected chi connectivity index (χ1v) is 9.16. The van der Waals surface area contributed by atoms with Crippen molar-refractivity contribution in [2.75, 3.05) is 13.2 Å². The van der Waals surface area contributed by atoms with E-state index in [4.69, 9.17) is 44.9 Å². The van der Waals surface area contributed by atoms with Crippen LogP contribution in [0.25, 0.3) is 0 Å². The molecule has 2 rings (SSSR count). The van der Waals surface area contributed by atoms with Crippen LogP contribution in [0.5, 0.6) is 11.5 Å². The van der Waals surface area contributed by atoms with Gasteiger partial charge in [-0.25, -0.2) is 0 Å². The molecule has 0 fully saturated rings. The third kappa shape index (κ3) is 7.59. The van der Waals surface area contributed by atoms with Gasteiger partial charge in [-0.1, -0.05) is 40.9 Å². The molecule has 0 saturated heterocycles. The molecule has 0 spiro atoms. The van der Waals surface area contributed by atoms with E-state index in [1.807, 2.05) is 19.1 Å². The largest absolute Gasteiger partial charge is 0.484 e. The van der Waals surface area contributed by atoms with Crippen molar-refractivity contribution in [3.63, 3.8) is 0 Å². The first kappa shape index (κ1) is 21.7. The Balaban J connectivity index is 1.66. The summed E-state index contributed by atoms with van der Waals surface area (Å²) in [6, 6.07) is 11.9. The van der Waals surface area contributed by atoms with Crippen LogP contribution in [0.15, 0.2) is 42.5 Å². The van der Waals surface area contributed by atoms with Gasteiger partial charge in [0.25, 0.3) is 11.8 Å². The number of thiocarbonyl (C=S) groups is 1. The van der Waals surface area contributed by atoms with E-state index in [2.05, 4.69) is 16.2 Å². The highest BCUT2D eigenvalue weighted by Crippen LogP contribution is 2.27. The lowest BCUT2D eigenvalue weighted by atomic mass is 10.2. The van der Waals surface area contributed by atoms with E-state index >= 15 is 0 Å². The summed E-state index contributed by atoms with van der Waals surface area (Å²) in [7, 11) is 0. The third-order valence-corrected chi connectivity index (χ3v) is 3.95. The number of rotatable bonds is 6. The van der Waals surface area contributed by atoms with Crippen LogP contribution < -0.4 is 25.6 Å². The quantitative estimate of drug-likeness (QED) is 0.471. The average Bonchev–Trinajstić information content (AvgIpc) is 2.65. The molecule has 0 aliphatic carbocycles. The summed E-state index contributed by atoms with van der Waals surface area (Å²) in [5.74, 6) is -0.133. The molecule has 0 aromatic heterocycles. The van der Waals surface area contributed by atoms with Crippen LogP contribution in [0.3, 0.4) is 0 Å². The molecule has 28 heavy (non-hydrogen) atoms. The Morgan fingerprint density at radius 3 is 2.32 bits per heavy atom. The number of ether oxygens (including phenoxy) is 2. The maximum atomic E-state index is 11.8. The van der Waals surface area contributed by atoms with Gasteiger partial charge in [0.2, 0.25) is 0 Å². The molecular formula is C18H17Cl2N3O4S. The highest BCUT2D eigenvalue weighted by molar-refractivity contribution is 7.80. The lowest BCUT2D eigenvalue weighted by molar-refractivity contribution is -0.124. The summed E-state index contributed by atoms with van der Waals surface area (Å²) in [5, 5.41) is 3.02. The number of nitrogens with one attached hydrogen (secondary N) is 3. The number of carbonyl (C=O) groups is 2. The number of hydrogen-bond donors (Lipinski definition) is 3. The molecule has 10 heteroatoms. The molecule has 0 aliphatic rings. The van der Waals surface area contributed by atoms with Crippen molar-refractivity contribution in [1.82, 2.24) is 16.2 Å².